The molecule has 6 aromatic rings. The van der Waals surface area contributed by atoms with E-state index in [-0.39, 0.29) is 16.7 Å². The van der Waals surface area contributed by atoms with Gasteiger partial charge in [0, 0.05) is 11.1 Å². The fourth-order valence-electron chi connectivity index (χ4n) is 6.32. The van der Waals surface area contributed by atoms with E-state index in [2.05, 4.69) is 24.3 Å². The Bertz CT molecular complexity index is 2080. The van der Waals surface area contributed by atoms with Crippen molar-refractivity contribution in [3.8, 4) is 44.5 Å². The predicted molar refractivity (Wildman–Crippen MR) is 189 cm³/mol. The molecule has 0 spiro atoms. The van der Waals surface area contributed by atoms with Gasteiger partial charge in [0.25, 0.3) is 0 Å². The van der Waals surface area contributed by atoms with Crippen molar-refractivity contribution in [3.63, 3.8) is 0 Å². The van der Waals surface area contributed by atoms with Crippen molar-refractivity contribution in [2.75, 3.05) is 0 Å². The fourth-order valence-corrected chi connectivity index (χ4v) is 6.32. The van der Waals surface area contributed by atoms with E-state index in [9.17, 15) is 26.3 Å². The standard InChI is InChI=1S/C44H36F6/c45-39-22-18-35(27-43(39)49)37-20-16-33(25-41(37)47)31-14-12-29(13-15-31)8-5-3-1-2-4-6-9-30-10-7-11-32(24-30)34-17-21-38(42(48)26-34)36-19-23-40(46)44(50)28-36/h7,10-28H,1-6,8-9H2. The van der Waals surface area contributed by atoms with Crippen LogP contribution in [0.4, 0.5) is 26.3 Å². The highest BCUT2D eigenvalue weighted by Gasteiger charge is 2.12. The largest absolute Gasteiger partial charge is 0.206 e. The number of hydrogen-bond donors (Lipinski definition) is 0. The zero-order valence-corrected chi connectivity index (χ0v) is 27.5. The second-order valence-electron chi connectivity index (χ2n) is 12.7. The first kappa shape index (κ1) is 34.8. The first-order chi connectivity index (χ1) is 24.2. The van der Waals surface area contributed by atoms with E-state index in [1.54, 1.807) is 24.3 Å². The Labute approximate surface area is 289 Å². The Morgan fingerprint density at radius 3 is 1.22 bits per heavy atom. The van der Waals surface area contributed by atoms with Crippen molar-refractivity contribution in [2.45, 2.75) is 51.4 Å². The van der Waals surface area contributed by atoms with Crippen molar-refractivity contribution >= 4 is 0 Å². The van der Waals surface area contributed by atoms with E-state index in [4.69, 9.17) is 0 Å². The van der Waals surface area contributed by atoms with Crippen LogP contribution in [0.3, 0.4) is 0 Å². The SMILES string of the molecule is Fc1ccc(-c2ccc(-c3ccc(CCCCCCCCc4cccc(-c5ccc(-c6ccc(F)c(F)c6)c(F)c5)c4)cc3)cc2F)cc1F. The molecule has 0 N–H and O–H groups in total. The van der Waals surface area contributed by atoms with Crippen molar-refractivity contribution in [3.05, 3.63) is 167 Å². The number of rotatable bonds is 13. The van der Waals surface area contributed by atoms with Gasteiger partial charge in [-0.2, -0.15) is 0 Å². The summed E-state index contributed by atoms with van der Waals surface area (Å²) in [5, 5.41) is 0. The normalized spacial score (nSPS) is 11.2. The third-order valence-electron chi connectivity index (χ3n) is 9.13. The molecule has 0 nitrogen and oxygen atoms in total. The maximum Gasteiger partial charge on any atom is 0.159 e. The van der Waals surface area contributed by atoms with Crippen LogP contribution in [0.1, 0.15) is 49.7 Å². The lowest BCUT2D eigenvalue weighted by atomic mass is 9.97. The molecule has 0 bridgehead atoms. The van der Waals surface area contributed by atoms with E-state index in [0.717, 1.165) is 97.9 Å². The van der Waals surface area contributed by atoms with Crippen LogP contribution in [0.15, 0.2) is 121 Å². The van der Waals surface area contributed by atoms with Gasteiger partial charge in [0.05, 0.1) is 0 Å². The molecule has 0 atom stereocenters. The molecular formula is C44H36F6. The summed E-state index contributed by atoms with van der Waals surface area (Å²) in [7, 11) is 0. The average molecular weight is 679 g/mol. The van der Waals surface area contributed by atoms with Gasteiger partial charge in [-0.3, -0.25) is 0 Å². The Morgan fingerprint density at radius 2 is 0.700 bits per heavy atom. The molecule has 0 aliphatic heterocycles. The van der Waals surface area contributed by atoms with E-state index in [1.165, 1.54) is 35.4 Å². The molecule has 0 amide bonds. The number of halogens is 6. The lowest BCUT2D eigenvalue weighted by molar-refractivity contribution is 0.509. The Kier molecular flexibility index (Phi) is 11.2. The number of hydrogen-bond acceptors (Lipinski definition) is 0. The maximum atomic E-state index is 14.9. The summed E-state index contributed by atoms with van der Waals surface area (Å²) in [6, 6.07) is 32.6. The minimum atomic E-state index is -1.01. The van der Waals surface area contributed by atoms with Crippen molar-refractivity contribution in [1.29, 1.82) is 0 Å². The Balaban J connectivity index is 0.915. The molecule has 50 heavy (non-hydrogen) atoms. The molecule has 0 aromatic heterocycles. The summed E-state index contributed by atoms with van der Waals surface area (Å²) in [4.78, 5) is 0. The minimum absolute atomic E-state index is 0.222. The fraction of sp³-hybridized carbons (Fsp3) is 0.182. The molecule has 254 valence electrons. The monoisotopic (exact) mass is 678 g/mol. The molecule has 6 heteroatoms. The van der Waals surface area contributed by atoms with Crippen LogP contribution in [0.5, 0.6) is 0 Å². The summed E-state index contributed by atoms with van der Waals surface area (Å²) in [6.07, 6.45) is 8.64. The van der Waals surface area contributed by atoms with Gasteiger partial charge in [-0.1, -0.05) is 111 Å². The molecule has 6 rings (SSSR count). The summed E-state index contributed by atoms with van der Waals surface area (Å²) >= 11 is 0. The summed E-state index contributed by atoms with van der Waals surface area (Å²) in [5.41, 5.74) is 6.70. The molecule has 0 heterocycles. The van der Waals surface area contributed by atoms with Gasteiger partial charge in [-0.05, 0) is 107 Å². The molecule has 0 saturated carbocycles. The molecule has 0 radical (unpaired) electrons. The number of benzene rings is 6. The number of aryl methyl sites for hydroxylation is 2. The smallest absolute Gasteiger partial charge is 0.159 e. The van der Waals surface area contributed by atoms with Gasteiger partial charge < -0.3 is 0 Å². The lowest BCUT2D eigenvalue weighted by Gasteiger charge is -2.09. The average Bonchev–Trinajstić information content (AvgIpc) is 3.12. The minimum Gasteiger partial charge on any atom is -0.206 e. The van der Waals surface area contributed by atoms with E-state index in [0.29, 0.717) is 5.56 Å². The maximum absolute atomic E-state index is 14.9. The van der Waals surface area contributed by atoms with Gasteiger partial charge >= 0.3 is 0 Å². The summed E-state index contributed by atoms with van der Waals surface area (Å²) in [5.74, 6) is -4.92. The molecule has 0 fully saturated rings. The third-order valence-corrected chi connectivity index (χ3v) is 9.13. The van der Waals surface area contributed by atoms with Crippen molar-refractivity contribution in [1.82, 2.24) is 0 Å². The Morgan fingerprint density at radius 1 is 0.280 bits per heavy atom. The third kappa shape index (κ3) is 8.54. The topological polar surface area (TPSA) is 0 Å². The van der Waals surface area contributed by atoms with Crippen LogP contribution in [0.2, 0.25) is 0 Å². The van der Waals surface area contributed by atoms with Crippen LogP contribution in [0.25, 0.3) is 44.5 Å². The molecule has 0 aliphatic carbocycles. The van der Waals surface area contributed by atoms with Gasteiger partial charge in [0.2, 0.25) is 0 Å². The van der Waals surface area contributed by atoms with E-state index >= 15 is 0 Å². The molecule has 6 aromatic carbocycles. The van der Waals surface area contributed by atoms with Gasteiger partial charge in [-0.15, -0.1) is 0 Å². The van der Waals surface area contributed by atoms with Gasteiger partial charge in [-0.25, -0.2) is 26.3 Å². The highest BCUT2D eigenvalue weighted by Crippen LogP contribution is 2.31. The van der Waals surface area contributed by atoms with Crippen LogP contribution in [0, 0.1) is 34.9 Å². The molecule has 0 unspecified atom stereocenters. The summed E-state index contributed by atoms with van der Waals surface area (Å²) in [6.45, 7) is 0. The summed E-state index contributed by atoms with van der Waals surface area (Å²) < 4.78 is 83.7. The zero-order chi connectivity index (χ0) is 35.0. The second-order valence-corrected chi connectivity index (χ2v) is 12.7. The number of unbranched alkanes of at least 4 members (excludes halogenated alkanes) is 5. The van der Waals surface area contributed by atoms with Crippen LogP contribution < -0.4 is 0 Å². The van der Waals surface area contributed by atoms with E-state index in [1.807, 2.05) is 24.3 Å². The van der Waals surface area contributed by atoms with Crippen LogP contribution >= 0.6 is 0 Å². The highest BCUT2D eigenvalue weighted by atomic mass is 19.2. The zero-order valence-electron chi connectivity index (χ0n) is 27.5. The lowest BCUT2D eigenvalue weighted by Crippen LogP contribution is -1.91. The van der Waals surface area contributed by atoms with Crippen molar-refractivity contribution in [2.24, 2.45) is 0 Å². The second kappa shape index (κ2) is 16.1. The van der Waals surface area contributed by atoms with Crippen LogP contribution in [-0.4, -0.2) is 0 Å². The predicted octanol–water partition coefficient (Wildman–Crippen LogP) is 13.3. The van der Waals surface area contributed by atoms with E-state index < -0.39 is 34.9 Å². The molecular weight excluding hydrogens is 642 g/mol. The first-order valence-corrected chi connectivity index (χ1v) is 16.9. The molecule has 0 aliphatic rings. The van der Waals surface area contributed by atoms with Crippen molar-refractivity contribution < 1.29 is 26.3 Å². The Hall–Kier alpha value is -5.10. The first-order valence-electron chi connectivity index (χ1n) is 16.9. The quantitative estimate of drug-likeness (QED) is 0.0842. The van der Waals surface area contributed by atoms with Gasteiger partial charge in [0.15, 0.2) is 23.3 Å². The highest BCUT2D eigenvalue weighted by molar-refractivity contribution is 5.72. The van der Waals surface area contributed by atoms with Gasteiger partial charge in [0.1, 0.15) is 11.6 Å². The van der Waals surface area contributed by atoms with Crippen LogP contribution in [-0.2, 0) is 12.8 Å². The molecule has 0 saturated heterocycles.